The van der Waals surface area contributed by atoms with Crippen molar-refractivity contribution in [1.29, 1.82) is 0 Å². The van der Waals surface area contributed by atoms with E-state index in [1.165, 1.54) is 96.3 Å². The van der Waals surface area contributed by atoms with Crippen molar-refractivity contribution in [2.24, 2.45) is 11.8 Å². The summed E-state index contributed by atoms with van der Waals surface area (Å²) in [7, 11) is 0. The predicted octanol–water partition coefficient (Wildman–Crippen LogP) is 8.29. The van der Waals surface area contributed by atoms with Gasteiger partial charge in [0.1, 0.15) is 0 Å². The molecule has 132 valence electrons. The molecule has 1 aliphatic carbocycles. The number of hydrogen-bond acceptors (Lipinski definition) is 0. The van der Waals surface area contributed by atoms with Crippen molar-refractivity contribution in [3.05, 3.63) is 0 Å². The van der Waals surface area contributed by atoms with E-state index in [9.17, 15) is 0 Å². The molecule has 0 saturated heterocycles. The Labute approximate surface area is 141 Å². The molecule has 1 fully saturated rings. The van der Waals surface area contributed by atoms with Gasteiger partial charge in [-0.1, -0.05) is 123 Å². The highest BCUT2D eigenvalue weighted by molar-refractivity contribution is 4.85. The number of rotatable bonds is 17. The Morgan fingerprint density at radius 1 is 0.455 bits per heavy atom. The van der Waals surface area contributed by atoms with Crippen LogP contribution < -0.4 is 0 Å². The molecule has 2 atom stereocenters. The van der Waals surface area contributed by atoms with Crippen LogP contribution in [0.3, 0.4) is 0 Å². The van der Waals surface area contributed by atoms with Crippen LogP contribution in [0.15, 0.2) is 0 Å². The van der Waals surface area contributed by atoms with Crippen LogP contribution in [0.5, 0.6) is 0 Å². The summed E-state index contributed by atoms with van der Waals surface area (Å²) in [5, 5.41) is 0. The molecule has 0 nitrogen and oxygen atoms in total. The second kappa shape index (κ2) is 14.6. The molecular formula is C22H44. The zero-order valence-electron chi connectivity index (χ0n) is 15.9. The molecule has 0 aromatic carbocycles. The zero-order chi connectivity index (χ0) is 15.9. The van der Waals surface area contributed by atoms with Gasteiger partial charge in [0.2, 0.25) is 0 Å². The molecule has 0 heterocycles. The number of hydrogen-bond donors (Lipinski definition) is 0. The normalized spacial score (nSPS) is 20.5. The summed E-state index contributed by atoms with van der Waals surface area (Å²) < 4.78 is 0. The van der Waals surface area contributed by atoms with E-state index in [1.54, 1.807) is 19.3 Å². The molecule has 0 radical (unpaired) electrons. The summed E-state index contributed by atoms with van der Waals surface area (Å²) >= 11 is 0. The van der Waals surface area contributed by atoms with Gasteiger partial charge in [0.05, 0.1) is 0 Å². The van der Waals surface area contributed by atoms with Crippen LogP contribution in [0.25, 0.3) is 0 Å². The average molecular weight is 309 g/mol. The van der Waals surface area contributed by atoms with E-state index in [0.29, 0.717) is 0 Å². The van der Waals surface area contributed by atoms with Gasteiger partial charge in [-0.3, -0.25) is 0 Å². The van der Waals surface area contributed by atoms with Gasteiger partial charge in [0.25, 0.3) is 0 Å². The van der Waals surface area contributed by atoms with Crippen molar-refractivity contribution in [2.75, 3.05) is 0 Å². The summed E-state index contributed by atoms with van der Waals surface area (Å²) in [5.74, 6) is 2.28. The minimum absolute atomic E-state index is 1.14. The highest BCUT2D eigenvalue weighted by atomic mass is 14.4. The fourth-order valence-electron chi connectivity index (χ4n) is 3.92. The summed E-state index contributed by atoms with van der Waals surface area (Å²) in [4.78, 5) is 0. The minimum Gasteiger partial charge on any atom is -0.0654 e. The van der Waals surface area contributed by atoms with Crippen LogP contribution in [0.4, 0.5) is 0 Å². The van der Waals surface area contributed by atoms with Gasteiger partial charge in [-0.25, -0.2) is 0 Å². The Balaban J connectivity index is 1.73. The molecule has 0 aromatic heterocycles. The van der Waals surface area contributed by atoms with E-state index in [2.05, 4.69) is 13.8 Å². The third-order valence-electron chi connectivity index (χ3n) is 5.68. The van der Waals surface area contributed by atoms with Gasteiger partial charge < -0.3 is 0 Å². The first-order valence-corrected chi connectivity index (χ1v) is 10.9. The SMILES string of the molecule is CCCCCCCCCCCC1CC1CCCCCCCC. The zero-order valence-corrected chi connectivity index (χ0v) is 15.9. The van der Waals surface area contributed by atoms with Crippen LogP contribution in [-0.2, 0) is 0 Å². The molecule has 22 heavy (non-hydrogen) atoms. The largest absolute Gasteiger partial charge is 0.0654 e. The molecule has 0 bridgehead atoms. The quantitative estimate of drug-likeness (QED) is 0.237. The standard InChI is InChI=1S/C22H44/c1-3-5-7-9-11-12-13-15-17-19-22-20-21(22)18-16-14-10-8-6-4-2/h21-22H,3-20H2,1-2H3. The summed E-state index contributed by atoms with van der Waals surface area (Å²) in [6.45, 7) is 4.61. The van der Waals surface area contributed by atoms with Crippen LogP contribution in [0.1, 0.15) is 129 Å². The van der Waals surface area contributed by atoms with Crippen molar-refractivity contribution in [2.45, 2.75) is 129 Å². The van der Waals surface area contributed by atoms with Crippen LogP contribution in [-0.4, -0.2) is 0 Å². The molecule has 0 aliphatic heterocycles. The molecule has 0 amide bonds. The average Bonchev–Trinajstić information content (AvgIpc) is 3.27. The lowest BCUT2D eigenvalue weighted by Crippen LogP contribution is -1.87. The first-order chi connectivity index (χ1) is 10.9. The van der Waals surface area contributed by atoms with Crippen molar-refractivity contribution in [3.8, 4) is 0 Å². The first kappa shape index (κ1) is 20.0. The molecule has 0 spiro atoms. The van der Waals surface area contributed by atoms with Crippen LogP contribution >= 0.6 is 0 Å². The highest BCUT2D eigenvalue weighted by Gasteiger charge is 2.34. The van der Waals surface area contributed by atoms with E-state index < -0.39 is 0 Å². The Morgan fingerprint density at radius 3 is 1.14 bits per heavy atom. The van der Waals surface area contributed by atoms with Gasteiger partial charge in [-0.05, 0) is 18.3 Å². The molecule has 0 aromatic rings. The molecule has 0 heteroatoms. The molecule has 1 rings (SSSR count). The molecule has 1 aliphatic rings. The van der Waals surface area contributed by atoms with Crippen LogP contribution in [0, 0.1) is 11.8 Å². The summed E-state index contributed by atoms with van der Waals surface area (Å²) in [6, 6.07) is 0. The molecule has 2 unspecified atom stereocenters. The monoisotopic (exact) mass is 308 g/mol. The lowest BCUT2D eigenvalue weighted by molar-refractivity contribution is 0.510. The third kappa shape index (κ3) is 11.6. The Bertz CT molecular complexity index is 220. The van der Waals surface area contributed by atoms with Gasteiger partial charge in [0, 0.05) is 0 Å². The van der Waals surface area contributed by atoms with Crippen molar-refractivity contribution in [1.82, 2.24) is 0 Å². The molecular weight excluding hydrogens is 264 g/mol. The van der Waals surface area contributed by atoms with E-state index in [4.69, 9.17) is 0 Å². The Kier molecular flexibility index (Phi) is 13.3. The second-order valence-electron chi connectivity index (χ2n) is 7.93. The Hall–Kier alpha value is 0. The van der Waals surface area contributed by atoms with Gasteiger partial charge in [-0.2, -0.15) is 0 Å². The molecule has 1 saturated carbocycles. The smallest absolute Gasteiger partial charge is 0.0383 e. The lowest BCUT2D eigenvalue weighted by atomic mass is 10.0. The van der Waals surface area contributed by atoms with Gasteiger partial charge >= 0.3 is 0 Å². The van der Waals surface area contributed by atoms with Crippen molar-refractivity contribution < 1.29 is 0 Å². The third-order valence-corrected chi connectivity index (χ3v) is 5.68. The molecule has 0 N–H and O–H groups in total. The predicted molar refractivity (Wildman–Crippen MR) is 101 cm³/mol. The maximum atomic E-state index is 2.31. The van der Waals surface area contributed by atoms with E-state index in [0.717, 1.165) is 11.8 Å². The maximum Gasteiger partial charge on any atom is -0.0383 e. The van der Waals surface area contributed by atoms with E-state index in [-0.39, 0.29) is 0 Å². The second-order valence-corrected chi connectivity index (χ2v) is 7.93. The van der Waals surface area contributed by atoms with E-state index in [1.807, 2.05) is 0 Å². The Morgan fingerprint density at radius 2 is 0.773 bits per heavy atom. The van der Waals surface area contributed by atoms with E-state index >= 15 is 0 Å². The highest BCUT2D eigenvalue weighted by Crippen LogP contribution is 2.45. The maximum absolute atomic E-state index is 2.31. The minimum atomic E-state index is 1.14. The first-order valence-electron chi connectivity index (χ1n) is 10.9. The fraction of sp³-hybridized carbons (Fsp3) is 1.00. The van der Waals surface area contributed by atoms with Crippen LogP contribution in [0.2, 0.25) is 0 Å². The summed E-state index contributed by atoms with van der Waals surface area (Å²) in [6.07, 6.45) is 26.8. The van der Waals surface area contributed by atoms with Crippen molar-refractivity contribution >= 4 is 0 Å². The number of unbranched alkanes of at least 4 members (excludes halogenated alkanes) is 13. The van der Waals surface area contributed by atoms with Gasteiger partial charge in [-0.15, -0.1) is 0 Å². The van der Waals surface area contributed by atoms with Crippen molar-refractivity contribution in [3.63, 3.8) is 0 Å². The fourth-order valence-corrected chi connectivity index (χ4v) is 3.92. The van der Waals surface area contributed by atoms with Gasteiger partial charge in [0.15, 0.2) is 0 Å². The lowest BCUT2D eigenvalue weighted by Gasteiger charge is -2.03. The topological polar surface area (TPSA) is 0 Å². The summed E-state index contributed by atoms with van der Waals surface area (Å²) in [5.41, 5.74) is 0.